The zero-order valence-corrected chi connectivity index (χ0v) is 12.4. The normalized spacial score (nSPS) is 12.2. The van der Waals surface area contributed by atoms with Gasteiger partial charge >= 0.3 is 0 Å². The summed E-state index contributed by atoms with van der Waals surface area (Å²) in [5, 5.41) is 0. The van der Waals surface area contributed by atoms with E-state index in [9.17, 15) is 0 Å². The second kappa shape index (κ2) is 8.69. The summed E-state index contributed by atoms with van der Waals surface area (Å²) in [4.78, 5) is 10.5. The minimum Gasteiger partial charge on any atom is -0.486 e. The molecule has 5 nitrogen and oxygen atoms in total. The highest BCUT2D eigenvalue weighted by Crippen LogP contribution is 2.25. The molecule has 0 bridgehead atoms. The standard InChI is InChI=1S/C14H25N3O2/c1-5-6-7-12(2)17(3)14-13(10-15-11-16-14)19-9-8-18-4/h10-12H,5-9H2,1-4H3. The fourth-order valence-corrected chi connectivity index (χ4v) is 1.81. The van der Waals surface area contributed by atoms with Crippen molar-refractivity contribution >= 4 is 5.82 Å². The van der Waals surface area contributed by atoms with Crippen LogP contribution in [0.4, 0.5) is 5.82 Å². The first-order valence-corrected chi connectivity index (χ1v) is 6.85. The molecule has 0 spiro atoms. The summed E-state index contributed by atoms with van der Waals surface area (Å²) >= 11 is 0. The molecule has 0 fully saturated rings. The van der Waals surface area contributed by atoms with Crippen molar-refractivity contribution in [2.45, 2.75) is 39.2 Å². The van der Waals surface area contributed by atoms with E-state index in [4.69, 9.17) is 9.47 Å². The summed E-state index contributed by atoms with van der Waals surface area (Å²) < 4.78 is 10.6. The van der Waals surface area contributed by atoms with Crippen LogP contribution in [-0.4, -0.2) is 43.4 Å². The molecule has 0 aliphatic carbocycles. The Kier molecular flexibility index (Phi) is 7.18. The van der Waals surface area contributed by atoms with Crippen molar-refractivity contribution in [3.63, 3.8) is 0 Å². The molecule has 1 aromatic rings. The van der Waals surface area contributed by atoms with Crippen LogP contribution in [0, 0.1) is 0 Å². The summed E-state index contributed by atoms with van der Waals surface area (Å²) in [6.07, 6.45) is 6.84. The Labute approximate surface area is 116 Å². The van der Waals surface area contributed by atoms with Gasteiger partial charge in [-0.25, -0.2) is 9.97 Å². The lowest BCUT2D eigenvalue weighted by atomic mass is 10.1. The van der Waals surface area contributed by atoms with Gasteiger partial charge in [0.25, 0.3) is 0 Å². The highest BCUT2D eigenvalue weighted by molar-refractivity contribution is 5.50. The maximum Gasteiger partial charge on any atom is 0.180 e. The number of rotatable bonds is 9. The Bertz CT molecular complexity index is 360. The van der Waals surface area contributed by atoms with E-state index in [1.165, 1.54) is 12.8 Å². The molecule has 5 heteroatoms. The number of hydrogen-bond donors (Lipinski definition) is 0. The predicted octanol–water partition coefficient (Wildman–Crippen LogP) is 2.52. The molecular formula is C14H25N3O2. The molecule has 1 rings (SSSR count). The Morgan fingerprint density at radius 1 is 1.37 bits per heavy atom. The molecular weight excluding hydrogens is 242 g/mol. The van der Waals surface area contributed by atoms with Gasteiger partial charge in [-0.05, 0) is 13.3 Å². The quantitative estimate of drug-likeness (QED) is 0.643. The van der Waals surface area contributed by atoms with Gasteiger partial charge in [-0.3, -0.25) is 0 Å². The molecule has 0 N–H and O–H groups in total. The number of anilines is 1. The lowest BCUT2D eigenvalue weighted by Gasteiger charge is -2.27. The lowest BCUT2D eigenvalue weighted by molar-refractivity contribution is 0.146. The highest BCUT2D eigenvalue weighted by atomic mass is 16.5. The number of aromatic nitrogens is 2. The Morgan fingerprint density at radius 3 is 2.84 bits per heavy atom. The number of ether oxygens (including phenoxy) is 2. The van der Waals surface area contributed by atoms with Crippen molar-refractivity contribution in [1.29, 1.82) is 0 Å². The van der Waals surface area contributed by atoms with E-state index in [2.05, 4.69) is 28.7 Å². The van der Waals surface area contributed by atoms with Crippen LogP contribution in [0.5, 0.6) is 5.75 Å². The zero-order chi connectivity index (χ0) is 14.1. The summed E-state index contributed by atoms with van der Waals surface area (Å²) in [6.45, 7) is 5.48. The van der Waals surface area contributed by atoms with E-state index in [1.807, 2.05) is 7.05 Å². The zero-order valence-electron chi connectivity index (χ0n) is 12.4. The number of nitrogens with zero attached hydrogens (tertiary/aromatic N) is 3. The summed E-state index contributed by atoms with van der Waals surface area (Å²) in [7, 11) is 3.70. The molecule has 0 amide bonds. The van der Waals surface area contributed by atoms with Crippen molar-refractivity contribution in [2.75, 3.05) is 32.3 Å². The van der Waals surface area contributed by atoms with Gasteiger partial charge in [-0.2, -0.15) is 0 Å². The second-order valence-corrected chi connectivity index (χ2v) is 4.65. The summed E-state index contributed by atoms with van der Waals surface area (Å²) in [5.74, 6) is 1.56. The van der Waals surface area contributed by atoms with Crippen LogP contribution < -0.4 is 9.64 Å². The minimum absolute atomic E-state index is 0.430. The Balaban J connectivity index is 2.69. The van der Waals surface area contributed by atoms with Gasteiger partial charge < -0.3 is 14.4 Å². The van der Waals surface area contributed by atoms with E-state index < -0.39 is 0 Å². The van der Waals surface area contributed by atoms with Gasteiger partial charge in [0.1, 0.15) is 12.9 Å². The van der Waals surface area contributed by atoms with Gasteiger partial charge in [-0.15, -0.1) is 0 Å². The Hall–Kier alpha value is -1.36. The minimum atomic E-state index is 0.430. The molecule has 0 aliphatic heterocycles. The van der Waals surface area contributed by atoms with E-state index >= 15 is 0 Å². The SMILES string of the molecule is CCCCC(C)N(C)c1ncncc1OCCOC. The van der Waals surface area contributed by atoms with Crippen molar-refractivity contribution in [3.05, 3.63) is 12.5 Å². The first kappa shape index (κ1) is 15.7. The molecule has 0 aromatic carbocycles. The molecule has 108 valence electrons. The molecule has 0 aliphatic rings. The largest absolute Gasteiger partial charge is 0.486 e. The molecule has 0 saturated heterocycles. The molecule has 19 heavy (non-hydrogen) atoms. The summed E-state index contributed by atoms with van der Waals surface area (Å²) in [5.41, 5.74) is 0. The van der Waals surface area contributed by atoms with Crippen molar-refractivity contribution < 1.29 is 9.47 Å². The van der Waals surface area contributed by atoms with Crippen molar-refractivity contribution in [3.8, 4) is 5.75 Å². The third-order valence-electron chi connectivity index (χ3n) is 3.17. The fourth-order valence-electron chi connectivity index (χ4n) is 1.81. The van der Waals surface area contributed by atoms with E-state index in [1.54, 1.807) is 19.6 Å². The number of methoxy groups -OCH3 is 1. The average molecular weight is 267 g/mol. The third kappa shape index (κ3) is 5.03. The van der Waals surface area contributed by atoms with Crippen LogP contribution in [0.25, 0.3) is 0 Å². The Morgan fingerprint density at radius 2 is 2.16 bits per heavy atom. The smallest absolute Gasteiger partial charge is 0.180 e. The predicted molar refractivity (Wildman–Crippen MR) is 76.8 cm³/mol. The maximum atomic E-state index is 5.66. The van der Waals surface area contributed by atoms with Crippen LogP contribution in [-0.2, 0) is 4.74 Å². The van der Waals surface area contributed by atoms with Crippen LogP contribution in [0.15, 0.2) is 12.5 Å². The maximum absolute atomic E-state index is 5.66. The topological polar surface area (TPSA) is 47.5 Å². The van der Waals surface area contributed by atoms with E-state index in [0.717, 1.165) is 12.2 Å². The number of hydrogen-bond acceptors (Lipinski definition) is 5. The second-order valence-electron chi connectivity index (χ2n) is 4.65. The molecule has 1 heterocycles. The first-order chi connectivity index (χ1) is 9.20. The van der Waals surface area contributed by atoms with Crippen molar-refractivity contribution in [1.82, 2.24) is 9.97 Å². The van der Waals surface area contributed by atoms with Crippen LogP contribution in [0.3, 0.4) is 0 Å². The first-order valence-electron chi connectivity index (χ1n) is 6.85. The molecule has 0 saturated carbocycles. The molecule has 1 unspecified atom stereocenters. The van der Waals surface area contributed by atoms with E-state index in [0.29, 0.717) is 25.0 Å². The number of unbranched alkanes of at least 4 members (excludes halogenated alkanes) is 1. The monoisotopic (exact) mass is 267 g/mol. The molecule has 1 aromatic heterocycles. The van der Waals surface area contributed by atoms with Crippen LogP contribution >= 0.6 is 0 Å². The average Bonchev–Trinajstić information content (AvgIpc) is 2.44. The highest BCUT2D eigenvalue weighted by Gasteiger charge is 2.15. The van der Waals surface area contributed by atoms with Gasteiger partial charge in [0.2, 0.25) is 0 Å². The third-order valence-corrected chi connectivity index (χ3v) is 3.17. The lowest BCUT2D eigenvalue weighted by Crippen LogP contribution is -2.30. The summed E-state index contributed by atoms with van der Waals surface area (Å²) in [6, 6.07) is 0.430. The van der Waals surface area contributed by atoms with Crippen LogP contribution in [0.1, 0.15) is 33.1 Å². The van der Waals surface area contributed by atoms with Gasteiger partial charge in [-0.1, -0.05) is 19.8 Å². The van der Waals surface area contributed by atoms with Crippen molar-refractivity contribution in [2.24, 2.45) is 0 Å². The van der Waals surface area contributed by atoms with Gasteiger partial charge in [0.05, 0.1) is 12.8 Å². The fraction of sp³-hybridized carbons (Fsp3) is 0.714. The molecule has 1 atom stereocenters. The van der Waals surface area contributed by atoms with Gasteiger partial charge in [0, 0.05) is 20.2 Å². The van der Waals surface area contributed by atoms with Gasteiger partial charge in [0.15, 0.2) is 11.6 Å². The van der Waals surface area contributed by atoms with E-state index in [-0.39, 0.29) is 0 Å². The van der Waals surface area contributed by atoms with Crippen LogP contribution in [0.2, 0.25) is 0 Å². The molecule has 0 radical (unpaired) electrons.